The van der Waals surface area contributed by atoms with E-state index < -0.39 is 11.9 Å². The van der Waals surface area contributed by atoms with E-state index in [9.17, 15) is 9.59 Å². The lowest BCUT2D eigenvalue weighted by atomic mass is 9.81. The summed E-state index contributed by atoms with van der Waals surface area (Å²) in [5.41, 5.74) is 6.53. The Kier molecular flexibility index (Phi) is 6.53. The van der Waals surface area contributed by atoms with Gasteiger partial charge in [0.1, 0.15) is 6.04 Å². The molecule has 0 spiro atoms. The van der Waals surface area contributed by atoms with Crippen LogP contribution in [0.3, 0.4) is 0 Å². The number of likely N-dealkylation sites (tertiary alicyclic amines) is 2. The number of carbonyl (C=O) groups is 2. The highest BCUT2D eigenvalue weighted by Gasteiger charge is 2.38. The third-order valence-corrected chi connectivity index (χ3v) is 7.39. The van der Waals surface area contributed by atoms with E-state index in [4.69, 9.17) is 5.73 Å². The number of aromatic amines is 1. The molecule has 1 aliphatic carbocycles. The highest BCUT2D eigenvalue weighted by molar-refractivity contribution is 5.87. The lowest BCUT2D eigenvalue weighted by molar-refractivity contribution is -0.139. The molecule has 160 valence electrons. The van der Waals surface area contributed by atoms with Crippen molar-refractivity contribution in [3.63, 3.8) is 0 Å². The van der Waals surface area contributed by atoms with Gasteiger partial charge in [-0.2, -0.15) is 0 Å². The van der Waals surface area contributed by atoms with Gasteiger partial charge < -0.3 is 20.5 Å². The van der Waals surface area contributed by atoms with Gasteiger partial charge in [0.2, 0.25) is 11.8 Å². The SMILES string of the molecule is NC(=O)[C@H](Cc1cnc[nH]1)N1CC[C@H]2CN(CC3CCCCC3)CC[C@H]2CC1=O. The van der Waals surface area contributed by atoms with E-state index in [-0.39, 0.29) is 5.91 Å². The molecule has 1 aromatic heterocycles. The van der Waals surface area contributed by atoms with Crippen LogP contribution in [0.1, 0.15) is 57.1 Å². The smallest absolute Gasteiger partial charge is 0.240 e. The third-order valence-electron chi connectivity index (χ3n) is 7.39. The Morgan fingerprint density at radius 1 is 1.17 bits per heavy atom. The molecule has 29 heavy (non-hydrogen) atoms. The van der Waals surface area contributed by atoms with Crippen molar-refractivity contribution in [2.24, 2.45) is 23.5 Å². The molecular formula is C22H35N5O2. The monoisotopic (exact) mass is 401 g/mol. The summed E-state index contributed by atoms with van der Waals surface area (Å²) >= 11 is 0. The van der Waals surface area contributed by atoms with Crippen LogP contribution in [0.5, 0.6) is 0 Å². The average molecular weight is 402 g/mol. The van der Waals surface area contributed by atoms with Gasteiger partial charge in [0, 0.05) is 44.4 Å². The molecule has 0 radical (unpaired) electrons. The highest BCUT2D eigenvalue weighted by Crippen LogP contribution is 2.34. The van der Waals surface area contributed by atoms with Crippen LogP contribution in [0.4, 0.5) is 0 Å². The molecule has 3 fully saturated rings. The van der Waals surface area contributed by atoms with Crippen LogP contribution >= 0.6 is 0 Å². The summed E-state index contributed by atoms with van der Waals surface area (Å²) in [6.07, 6.45) is 13.2. The molecule has 7 nitrogen and oxygen atoms in total. The van der Waals surface area contributed by atoms with Crippen molar-refractivity contribution >= 4 is 11.8 Å². The number of fused-ring (bicyclic) bond motifs is 1. The van der Waals surface area contributed by atoms with Gasteiger partial charge in [-0.1, -0.05) is 19.3 Å². The van der Waals surface area contributed by atoms with E-state index in [1.165, 1.54) is 38.6 Å². The Balaban J connectivity index is 1.38. The normalized spacial score (nSPS) is 28.0. The van der Waals surface area contributed by atoms with Crippen LogP contribution < -0.4 is 5.73 Å². The lowest BCUT2D eigenvalue weighted by Crippen LogP contribution is -2.49. The fourth-order valence-corrected chi connectivity index (χ4v) is 5.72. The highest BCUT2D eigenvalue weighted by atomic mass is 16.2. The summed E-state index contributed by atoms with van der Waals surface area (Å²) < 4.78 is 0. The van der Waals surface area contributed by atoms with Crippen LogP contribution in [0, 0.1) is 17.8 Å². The zero-order valence-electron chi connectivity index (χ0n) is 17.4. The number of primary amides is 1. The second-order valence-corrected chi connectivity index (χ2v) is 9.35. The van der Waals surface area contributed by atoms with Gasteiger partial charge in [0.15, 0.2) is 0 Å². The zero-order valence-corrected chi connectivity index (χ0v) is 17.4. The van der Waals surface area contributed by atoms with Gasteiger partial charge in [0.05, 0.1) is 6.33 Å². The maximum atomic E-state index is 13.0. The summed E-state index contributed by atoms with van der Waals surface area (Å²) in [5.74, 6) is 1.49. The van der Waals surface area contributed by atoms with E-state index in [0.717, 1.165) is 37.5 Å². The van der Waals surface area contributed by atoms with Crippen LogP contribution in [0.25, 0.3) is 0 Å². The average Bonchev–Trinajstić information content (AvgIpc) is 3.17. The minimum Gasteiger partial charge on any atom is -0.368 e. The van der Waals surface area contributed by atoms with Crippen LogP contribution in [0.15, 0.2) is 12.5 Å². The van der Waals surface area contributed by atoms with Crippen molar-refractivity contribution < 1.29 is 9.59 Å². The number of carbonyl (C=O) groups excluding carboxylic acids is 2. The fourth-order valence-electron chi connectivity index (χ4n) is 5.72. The predicted octanol–water partition coefficient (Wildman–Crippen LogP) is 1.95. The summed E-state index contributed by atoms with van der Waals surface area (Å²) in [7, 11) is 0. The Hall–Kier alpha value is -1.89. The number of amides is 2. The Bertz CT molecular complexity index is 685. The summed E-state index contributed by atoms with van der Waals surface area (Å²) in [4.78, 5) is 36.6. The minimum absolute atomic E-state index is 0.0848. The molecule has 2 amide bonds. The van der Waals surface area contributed by atoms with Crippen molar-refractivity contribution in [2.45, 2.75) is 63.8 Å². The summed E-state index contributed by atoms with van der Waals surface area (Å²) in [6, 6.07) is -0.596. The van der Waals surface area contributed by atoms with E-state index in [0.29, 0.717) is 31.2 Å². The molecule has 1 saturated carbocycles. The largest absolute Gasteiger partial charge is 0.368 e. The van der Waals surface area contributed by atoms with Gasteiger partial charge in [0.25, 0.3) is 0 Å². The summed E-state index contributed by atoms with van der Waals surface area (Å²) in [6.45, 7) is 4.06. The fraction of sp³-hybridized carbons (Fsp3) is 0.773. The Morgan fingerprint density at radius 3 is 2.69 bits per heavy atom. The zero-order chi connectivity index (χ0) is 20.2. The van der Waals surface area contributed by atoms with Crippen LogP contribution in [-0.2, 0) is 16.0 Å². The number of hydrogen-bond acceptors (Lipinski definition) is 4. The molecule has 4 rings (SSSR count). The van der Waals surface area contributed by atoms with Gasteiger partial charge in [-0.25, -0.2) is 4.98 Å². The van der Waals surface area contributed by atoms with Crippen LogP contribution in [0.2, 0.25) is 0 Å². The topological polar surface area (TPSA) is 95.3 Å². The van der Waals surface area contributed by atoms with Crippen molar-refractivity contribution in [2.75, 3.05) is 26.2 Å². The quantitative estimate of drug-likeness (QED) is 0.762. The van der Waals surface area contributed by atoms with Crippen molar-refractivity contribution in [1.82, 2.24) is 19.8 Å². The third kappa shape index (κ3) is 5.00. The molecule has 2 aliphatic heterocycles. The number of H-pyrrole nitrogens is 1. The molecule has 3 N–H and O–H groups in total. The lowest BCUT2D eigenvalue weighted by Gasteiger charge is -2.39. The molecular weight excluding hydrogens is 366 g/mol. The number of nitrogens with one attached hydrogen (secondary N) is 1. The van der Waals surface area contributed by atoms with E-state index >= 15 is 0 Å². The first-order chi connectivity index (χ1) is 14.1. The van der Waals surface area contributed by atoms with Gasteiger partial charge in [-0.3, -0.25) is 9.59 Å². The maximum absolute atomic E-state index is 13.0. The molecule has 0 bridgehead atoms. The first-order valence-electron chi connectivity index (χ1n) is 11.4. The summed E-state index contributed by atoms with van der Waals surface area (Å²) in [5, 5.41) is 0. The second-order valence-electron chi connectivity index (χ2n) is 9.35. The molecule has 3 atom stereocenters. The molecule has 7 heteroatoms. The van der Waals surface area contributed by atoms with Gasteiger partial charge in [-0.15, -0.1) is 0 Å². The first-order valence-corrected chi connectivity index (χ1v) is 11.4. The van der Waals surface area contributed by atoms with Crippen molar-refractivity contribution in [3.8, 4) is 0 Å². The van der Waals surface area contributed by atoms with Gasteiger partial charge >= 0.3 is 0 Å². The maximum Gasteiger partial charge on any atom is 0.240 e. The Morgan fingerprint density at radius 2 is 1.97 bits per heavy atom. The van der Waals surface area contributed by atoms with Gasteiger partial charge in [-0.05, 0) is 50.0 Å². The van der Waals surface area contributed by atoms with Crippen molar-refractivity contribution in [3.05, 3.63) is 18.2 Å². The Labute approximate surface area is 173 Å². The first kappa shape index (κ1) is 20.4. The number of rotatable bonds is 6. The molecule has 2 saturated heterocycles. The van der Waals surface area contributed by atoms with E-state index in [1.807, 2.05) is 0 Å². The standard InChI is InChI=1S/C22H35N5O2/c23-22(29)20(11-19-12-24-15-25-19)27-9-7-18-14-26(8-6-17(18)10-21(27)28)13-16-4-2-1-3-5-16/h12,15-18,20H,1-11,13-14H2,(H2,23,29)(H,24,25)/t17-,18-,20-/m0/s1. The number of piperidine rings is 1. The number of nitrogens with two attached hydrogens (primary N) is 1. The minimum atomic E-state index is -0.596. The van der Waals surface area contributed by atoms with E-state index in [1.54, 1.807) is 17.4 Å². The number of nitrogens with zero attached hydrogens (tertiary/aromatic N) is 3. The molecule has 3 heterocycles. The van der Waals surface area contributed by atoms with E-state index in [2.05, 4.69) is 14.9 Å². The van der Waals surface area contributed by atoms with Crippen LogP contribution in [-0.4, -0.2) is 63.8 Å². The second kappa shape index (κ2) is 9.28. The van der Waals surface area contributed by atoms with Crippen molar-refractivity contribution in [1.29, 1.82) is 0 Å². The molecule has 0 aromatic carbocycles. The number of imidazole rings is 1. The molecule has 1 aromatic rings. The molecule has 3 aliphatic rings. The number of hydrogen-bond donors (Lipinski definition) is 2. The number of aromatic nitrogens is 2. The molecule has 0 unspecified atom stereocenters. The predicted molar refractivity (Wildman–Crippen MR) is 111 cm³/mol.